The largest absolute Gasteiger partial charge is 0.437 e. The van der Waals surface area contributed by atoms with E-state index in [1.54, 1.807) is 19.4 Å². The maximum atomic E-state index is 5.65. The molecule has 1 aromatic heterocycles. The van der Waals surface area contributed by atoms with Gasteiger partial charge in [0.2, 0.25) is 5.88 Å². The highest BCUT2D eigenvalue weighted by Gasteiger charge is 2.01. The molecule has 0 amide bonds. The molecule has 0 spiro atoms. The number of hydrogen-bond donors (Lipinski definition) is 1. The maximum absolute atomic E-state index is 5.65. The molecule has 0 fully saturated rings. The first-order valence-corrected chi connectivity index (χ1v) is 5.58. The molecular formula is C13H15N3O. The third-order valence-corrected chi connectivity index (χ3v) is 2.40. The molecule has 0 radical (unpaired) electrons. The molecule has 0 aliphatic heterocycles. The van der Waals surface area contributed by atoms with Gasteiger partial charge in [0.25, 0.3) is 0 Å². The lowest BCUT2D eigenvalue weighted by Gasteiger charge is -2.06. The van der Waals surface area contributed by atoms with Crippen LogP contribution in [-0.4, -0.2) is 17.0 Å². The predicted octanol–water partition coefficient (Wildman–Crippen LogP) is 2.87. The number of nitrogens with one attached hydrogen (secondary N) is 1. The van der Waals surface area contributed by atoms with Crippen LogP contribution in [0.5, 0.6) is 11.6 Å². The normalized spacial score (nSPS) is 10.0. The zero-order valence-electron chi connectivity index (χ0n) is 9.97. The highest BCUT2D eigenvalue weighted by Crippen LogP contribution is 2.20. The van der Waals surface area contributed by atoms with Crippen molar-refractivity contribution < 1.29 is 4.74 Å². The van der Waals surface area contributed by atoms with Gasteiger partial charge in [-0.1, -0.05) is 19.1 Å². The molecule has 0 unspecified atom stereocenters. The molecule has 2 aromatic rings. The van der Waals surface area contributed by atoms with Gasteiger partial charge in [0.1, 0.15) is 11.6 Å². The van der Waals surface area contributed by atoms with Crippen LogP contribution in [0.4, 0.5) is 5.82 Å². The number of nitrogens with zero attached hydrogens (tertiary/aromatic N) is 2. The molecule has 0 saturated heterocycles. The molecular weight excluding hydrogens is 214 g/mol. The van der Waals surface area contributed by atoms with Crippen molar-refractivity contribution >= 4 is 5.82 Å². The number of aromatic nitrogens is 2. The summed E-state index contributed by atoms with van der Waals surface area (Å²) >= 11 is 0. The summed E-state index contributed by atoms with van der Waals surface area (Å²) in [5, 5.41) is 2.92. The van der Waals surface area contributed by atoms with Gasteiger partial charge >= 0.3 is 0 Å². The zero-order valence-corrected chi connectivity index (χ0v) is 9.97. The molecule has 0 aliphatic carbocycles. The highest BCUT2D eigenvalue weighted by atomic mass is 16.5. The van der Waals surface area contributed by atoms with Crippen molar-refractivity contribution in [3.8, 4) is 11.6 Å². The van der Waals surface area contributed by atoms with E-state index in [4.69, 9.17) is 4.74 Å². The molecule has 0 saturated carbocycles. The Labute approximate surface area is 101 Å². The minimum absolute atomic E-state index is 0.491. The number of anilines is 1. The van der Waals surface area contributed by atoms with Crippen molar-refractivity contribution in [1.82, 2.24) is 9.97 Å². The van der Waals surface area contributed by atoms with Crippen LogP contribution in [0, 0.1) is 0 Å². The minimum atomic E-state index is 0.491. The van der Waals surface area contributed by atoms with Crippen molar-refractivity contribution in [2.75, 3.05) is 12.4 Å². The van der Waals surface area contributed by atoms with Gasteiger partial charge in [-0.2, -0.15) is 4.98 Å². The summed E-state index contributed by atoms with van der Waals surface area (Å²) in [6, 6.07) is 7.96. The molecule has 4 heteroatoms. The average molecular weight is 229 g/mol. The lowest BCUT2D eigenvalue weighted by atomic mass is 10.2. The van der Waals surface area contributed by atoms with E-state index in [1.807, 2.05) is 18.2 Å². The first-order valence-electron chi connectivity index (χ1n) is 5.58. The molecule has 0 atom stereocenters. The van der Waals surface area contributed by atoms with E-state index < -0.39 is 0 Å². The van der Waals surface area contributed by atoms with Crippen molar-refractivity contribution in [2.24, 2.45) is 0 Å². The van der Waals surface area contributed by atoms with Crippen molar-refractivity contribution in [3.63, 3.8) is 0 Å². The fraction of sp³-hybridized carbons (Fsp3) is 0.231. The minimum Gasteiger partial charge on any atom is -0.437 e. The van der Waals surface area contributed by atoms with Gasteiger partial charge in [-0.25, -0.2) is 0 Å². The van der Waals surface area contributed by atoms with Crippen molar-refractivity contribution in [3.05, 3.63) is 42.2 Å². The van der Waals surface area contributed by atoms with E-state index >= 15 is 0 Å². The predicted molar refractivity (Wildman–Crippen MR) is 67.5 cm³/mol. The van der Waals surface area contributed by atoms with E-state index in [2.05, 4.69) is 28.3 Å². The maximum Gasteiger partial charge on any atom is 0.239 e. The first kappa shape index (κ1) is 11.4. The number of ether oxygens (including phenoxy) is 1. The van der Waals surface area contributed by atoms with Crippen LogP contribution in [0.15, 0.2) is 36.7 Å². The van der Waals surface area contributed by atoms with Crippen LogP contribution in [0.3, 0.4) is 0 Å². The Morgan fingerprint density at radius 2 is 2.18 bits per heavy atom. The average Bonchev–Trinajstić information content (AvgIpc) is 2.39. The summed E-state index contributed by atoms with van der Waals surface area (Å²) < 4.78 is 5.65. The smallest absolute Gasteiger partial charge is 0.239 e. The molecule has 2 rings (SSSR count). The Morgan fingerprint density at radius 1 is 1.29 bits per heavy atom. The van der Waals surface area contributed by atoms with Crippen LogP contribution < -0.4 is 10.1 Å². The highest BCUT2D eigenvalue weighted by molar-refractivity contribution is 5.35. The number of aryl methyl sites for hydroxylation is 1. The fourth-order valence-corrected chi connectivity index (χ4v) is 1.47. The van der Waals surface area contributed by atoms with E-state index in [0.717, 1.165) is 12.2 Å². The number of hydrogen-bond acceptors (Lipinski definition) is 4. The SMILES string of the molecule is CCc1cccc(Oc2cncc(NC)n2)c1. The van der Waals surface area contributed by atoms with Crippen LogP contribution >= 0.6 is 0 Å². The standard InChI is InChI=1S/C13H15N3O/c1-3-10-5-4-6-11(7-10)17-13-9-15-8-12(14-2)16-13/h4-9H,3H2,1-2H3,(H,14,16). The summed E-state index contributed by atoms with van der Waals surface area (Å²) in [7, 11) is 1.80. The van der Waals surface area contributed by atoms with Crippen LogP contribution in [0.2, 0.25) is 0 Å². The van der Waals surface area contributed by atoms with Gasteiger partial charge in [-0.15, -0.1) is 0 Å². The Balaban J connectivity index is 2.18. The van der Waals surface area contributed by atoms with Crippen LogP contribution in [0.25, 0.3) is 0 Å². The molecule has 17 heavy (non-hydrogen) atoms. The van der Waals surface area contributed by atoms with E-state index in [1.165, 1.54) is 5.56 Å². The monoisotopic (exact) mass is 229 g/mol. The number of benzene rings is 1. The molecule has 0 aliphatic rings. The Bertz CT molecular complexity index is 454. The molecule has 88 valence electrons. The Kier molecular flexibility index (Phi) is 3.55. The van der Waals surface area contributed by atoms with Gasteiger partial charge in [-0.05, 0) is 24.1 Å². The summed E-state index contributed by atoms with van der Waals surface area (Å²) in [6.45, 7) is 2.11. The second kappa shape index (κ2) is 5.30. The van der Waals surface area contributed by atoms with E-state index in [-0.39, 0.29) is 0 Å². The topological polar surface area (TPSA) is 47.0 Å². The summed E-state index contributed by atoms with van der Waals surface area (Å²) in [5.74, 6) is 1.96. The molecule has 0 bridgehead atoms. The van der Waals surface area contributed by atoms with Gasteiger partial charge < -0.3 is 10.1 Å². The van der Waals surface area contributed by atoms with E-state index in [9.17, 15) is 0 Å². The third-order valence-electron chi connectivity index (χ3n) is 2.40. The van der Waals surface area contributed by atoms with Crippen LogP contribution in [0.1, 0.15) is 12.5 Å². The summed E-state index contributed by atoms with van der Waals surface area (Å²) in [5.41, 5.74) is 1.24. The van der Waals surface area contributed by atoms with Crippen LogP contribution in [-0.2, 0) is 6.42 Å². The Hall–Kier alpha value is -2.10. The van der Waals surface area contributed by atoms with Gasteiger partial charge in [0.15, 0.2) is 0 Å². The first-order chi connectivity index (χ1) is 8.31. The summed E-state index contributed by atoms with van der Waals surface area (Å²) in [6.07, 6.45) is 4.23. The molecule has 1 aromatic carbocycles. The molecule has 4 nitrogen and oxygen atoms in total. The van der Waals surface area contributed by atoms with E-state index in [0.29, 0.717) is 11.7 Å². The van der Waals surface area contributed by atoms with Crippen molar-refractivity contribution in [2.45, 2.75) is 13.3 Å². The van der Waals surface area contributed by atoms with Gasteiger partial charge in [0.05, 0.1) is 12.4 Å². The quantitative estimate of drug-likeness (QED) is 0.875. The molecule has 1 N–H and O–H groups in total. The summed E-state index contributed by atoms with van der Waals surface area (Å²) in [4.78, 5) is 8.29. The molecule has 1 heterocycles. The third kappa shape index (κ3) is 2.93. The number of rotatable bonds is 4. The fourth-order valence-electron chi connectivity index (χ4n) is 1.47. The zero-order chi connectivity index (χ0) is 12.1. The lowest BCUT2D eigenvalue weighted by molar-refractivity contribution is 0.460. The second-order valence-electron chi connectivity index (χ2n) is 3.60. The second-order valence-corrected chi connectivity index (χ2v) is 3.60. The van der Waals surface area contributed by atoms with Gasteiger partial charge in [-0.3, -0.25) is 4.98 Å². The van der Waals surface area contributed by atoms with Gasteiger partial charge in [0, 0.05) is 7.05 Å². The Morgan fingerprint density at radius 3 is 2.94 bits per heavy atom. The lowest BCUT2D eigenvalue weighted by Crippen LogP contribution is -1.96. The van der Waals surface area contributed by atoms with Crippen molar-refractivity contribution in [1.29, 1.82) is 0 Å².